The van der Waals surface area contributed by atoms with Crippen molar-refractivity contribution in [1.29, 1.82) is 0 Å². The van der Waals surface area contributed by atoms with E-state index in [0.29, 0.717) is 0 Å². The number of carbonyl (C=O) groups excluding carboxylic acids is 2. The van der Waals surface area contributed by atoms with Gasteiger partial charge in [0.25, 0.3) is 5.91 Å². The number of methoxy groups -OCH3 is 1. The Morgan fingerprint density at radius 2 is 2.14 bits per heavy atom. The van der Waals surface area contributed by atoms with Crippen LogP contribution in [0.5, 0.6) is 11.5 Å². The van der Waals surface area contributed by atoms with Crippen LogP contribution in [0, 0.1) is 0 Å². The zero-order valence-electron chi connectivity index (χ0n) is 11.4. The maximum absolute atomic E-state index is 11.8. The van der Waals surface area contributed by atoms with Crippen LogP contribution in [0.2, 0.25) is 0 Å². The fourth-order valence-corrected chi connectivity index (χ4v) is 1.58. The van der Waals surface area contributed by atoms with Gasteiger partial charge in [0.15, 0.2) is 11.5 Å². The van der Waals surface area contributed by atoms with E-state index in [2.05, 4.69) is 6.58 Å². The molecule has 0 atom stereocenters. The first kappa shape index (κ1) is 16.3. The molecule has 0 aromatic heterocycles. The van der Waals surface area contributed by atoms with E-state index in [4.69, 9.17) is 15.2 Å². The molecule has 0 saturated carbocycles. The highest BCUT2D eigenvalue weighted by Gasteiger charge is 2.23. The van der Waals surface area contributed by atoms with E-state index < -0.39 is 18.7 Å². The average Bonchev–Trinajstić information content (AvgIpc) is 2.45. The monoisotopic (exact) mass is 296 g/mol. The van der Waals surface area contributed by atoms with Crippen molar-refractivity contribution in [2.75, 3.05) is 25.3 Å². The Balaban J connectivity index is 3.30. The van der Waals surface area contributed by atoms with Crippen molar-refractivity contribution in [3.63, 3.8) is 0 Å². The molecule has 0 saturated heterocycles. The molecular weight excluding hydrogens is 280 g/mol. The highest BCUT2D eigenvalue weighted by atomic mass is 16.6. The third-order valence-corrected chi connectivity index (χ3v) is 2.54. The molecule has 8 heteroatoms. The van der Waals surface area contributed by atoms with Crippen LogP contribution >= 0.6 is 0 Å². The van der Waals surface area contributed by atoms with Crippen molar-refractivity contribution in [3.8, 4) is 11.5 Å². The van der Waals surface area contributed by atoms with Gasteiger partial charge in [-0.3, -0.25) is 9.69 Å². The topological polar surface area (TPSA) is 122 Å². The number of nitrogens with zero attached hydrogens (tertiary/aromatic N) is 1. The number of aromatic hydroxyl groups is 1. The fraction of sp³-hybridized carbons (Fsp3) is 0.231. The predicted octanol–water partition coefficient (Wildman–Crippen LogP) is 0.579. The molecule has 1 rings (SSSR count). The van der Waals surface area contributed by atoms with Gasteiger partial charge in [-0.1, -0.05) is 12.7 Å². The normalized spacial score (nSPS) is 9.81. The molecule has 2 amide bonds. The smallest absolute Gasteiger partial charge is 0.416 e. The molecule has 0 aliphatic rings. The summed E-state index contributed by atoms with van der Waals surface area (Å²) in [6, 6.07) is 2.24. The lowest BCUT2D eigenvalue weighted by atomic mass is 10.1. The number of phenolic OH excluding ortho intramolecular Hbond substituents is 1. The van der Waals surface area contributed by atoms with Gasteiger partial charge in [-0.25, -0.2) is 4.79 Å². The summed E-state index contributed by atoms with van der Waals surface area (Å²) in [4.78, 5) is 24.0. The Kier molecular flexibility index (Phi) is 5.56. The summed E-state index contributed by atoms with van der Waals surface area (Å²) in [6.45, 7) is 2.53. The molecule has 0 radical (unpaired) electrons. The van der Waals surface area contributed by atoms with Crippen molar-refractivity contribution >= 4 is 17.7 Å². The number of phenols is 1. The van der Waals surface area contributed by atoms with Gasteiger partial charge in [0.1, 0.15) is 13.3 Å². The first-order valence-corrected chi connectivity index (χ1v) is 5.83. The van der Waals surface area contributed by atoms with Crippen LogP contribution in [0.3, 0.4) is 0 Å². The number of benzene rings is 1. The summed E-state index contributed by atoms with van der Waals surface area (Å²) in [5.41, 5.74) is 5.01. The third kappa shape index (κ3) is 3.63. The lowest BCUT2D eigenvalue weighted by molar-refractivity contribution is 0.100. The Morgan fingerprint density at radius 3 is 2.62 bits per heavy atom. The Hall–Kier alpha value is -2.74. The van der Waals surface area contributed by atoms with Crippen LogP contribution in [-0.4, -0.2) is 42.7 Å². The van der Waals surface area contributed by atoms with E-state index in [0.717, 1.165) is 17.0 Å². The van der Waals surface area contributed by atoms with E-state index in [1.54, 1.807) is 0 Å². The van der Waals surface area contributed by atoms with E-state index >= 15 is 0 Å². The number of hydrogen-bond acceptors (Lipinski definition) is 6. The lowest BCUT2D eigenvalue weighted by Crippen LogP contribution is -2.34. The molecule has 21 heavy (non-hydrogen) atoms. The SMILES string of the molecule is C=CCOC(=O)N(CO)c1cc(O)c(OC)cc1C(N)=O. The maximum atomic E-state index is 11.8. The van der Waals surface area contributed by atoms with Crippen LogP contribution in [0.15, 0.2) is 24.8 Å². The van der Waals surface area contributed by atoms with Crippen molar-refractivity contribution in [1.82, 2.24) is 0 Å². The molecule has 0 heterocycles. The Morgan fingerprint density at radius 1 is 1.48 bits per heavy atom. The molecule has 1 aromatic rings. The zero-order valence-corrected chi connectivity index (χ0v) is 11.4. The number of nitrogens with two attached hydrogens (primary N) is 1. The molecular formula is C13H16N2O6. The number of aliphatic hydroxyl groups is 1. The summed E-state index contributed by atoms with van der Waals surface area (Å²) in [5.74, 6) is -1.18. The first-order valence-electron chi connectivity index (χ1n) is 5.83. The second-order valence-electron chi connectivity index (χ2n) is 3.84. The zero-order chi connectivity index (χ0) is 16.0. The molecule has 1 aromatic carbocycles. The summed E-state index contributed by atoms with van der Waals surface area (Å²) in [7, 11) is 1.29. The second-order valence-corrected chi connectivity index (χ2v) is 3.84. The van der Waals surface area contributed by atoms with E-state index in [9.17, 15) is 19.8 Å². The number of ether oxygens (including phenoxy) is 2. The molecule has 8 nitrogen and oxygen atoms in total. The number of rotatable bonds is 6. The van der Waals surface area contributed by atoms with E-state index in [1.165, 1.54) is 13.2 Å². The summed E-state index contributed by atoms with van der Waals surface area (Å²) in [5, 5.41) is 19.1. The standard InChI is InChI=1S/C13H16N2O6/c1-3-4-21-13(19)15(7-16)9-6-10(17)11(20-2)5-8(9)12(14)18/h3,5-6,16-17H,1,4,7H2,2H3,(H2,14,18). The van der Waals surface area contributed by atoms with Gasteiger partial charge in [-0.15, -0.1) is 0 Å². The molecule has 114 valence electrons. The molecule has 0 fully saturated rings. The predicted molar refractivity (Wildman–Crippen MR) is 74.3 cm³/mol. The van der Waals surface area contributed by atoms with Gasteiger partial charge in [0.05, 0.1) is 18.4 Å². The van der Waals surface area contributed by atoms with E-state index in [-0.39, 0.29) is 29.4 Å². The number of primary amides is 1. The molecule has 0 unspecified atom stereocenters. The summed E-state index contributed by atoms with van der Waals surface area (Å²) in [6.07, 6.45) is 0.415. The minimum absolute atomic E-state index is 0.00454. The van der Waals surface area contributed by atoms with E-state index in [1.807, 2.05) is 0 Å². The van der Waals surface area contributed by atoms with Crippen LogP contribution in [-0.2, 0) is 4.74 Å². The van der Waals surface area contributed by atoms with Crippen LogP contribution in [0.25, 0.3) is 0 Å². The minimum atomic E-state index is -0.926. The van der Waals surface area contributed by atoms with Crippen molar-refractivity contribution in [2.45, 2.75) is 0 Å². The van der Waals surface area contributed by atoms with Crippen molar-refractivity contribution in [3.05, 3.63) is 30.4 Å². The van der Waals surface area contributed by atoms with Crippen LogP contribution in [0.4, 0.5) is 10.5 Å². The maximum Gasteiger partial charge on any atom is 0.416 e. The quantitative estimate of drug-likeness (QED) is 0.521. The Bertz CT molecular complexity index is 558. The molecule has 0 spiro atoms. The highest BCUT2D eigenvalue weighted by molar-refractivity contribution is 6.03. The minimum Gasteiger partial charge on any atom is -0.504 e. The first-order chi connectivity index (χ1) is 9.96. The number of hydrogen-bond donors (Lipinski definition) is 3. The van der Waals surface area contributed by atoms with Gasteiger partial charge in [-0.05, 0) is 6.07 Å². The van der Waals surface area contributed by atoms with Gasteiger partial charge < -0.3 is 25.4 Å². The van der Waals surface area contributed by atoms with Gasteiger partial charge in [0.2, 0.25) is 0 Å². The molecule has 0 aliphatic carbocycles. The largest absolute Gasteiger partial charge is 0.504 e. The van der Waals surface area contributed by atoms with Gasteiger partial charge in [0, 0.05) is 6.07 Å². The third-order valence-electron chi connectivity index (χ3n) is 2.54. The van der Waals surface area contributed by atoms with Crippen molar-refractivity contribution < 1.29 is 29.3 Å². The molecule has 0 aliphatic heterocycles. The van der Waals surface area contributed by atoms with Gasteiger partial charge in [-0.2, -0.15) is 0 Å². The van der Waals surface area contributed by atoms with Crippen molar-refractivity contribution in [2.24, 2.45) is 5.73 Å². The average molecular weight is 296 g/mol. The lowest BCUT2D eigenvalue weighted by Gasteiger charge is -2.22. The number of anilines is 1. The summed E-state index contributed by atoms with van der Waals surface area (Å²) < 4.78 is 9.64. The van der Waals surface area contributed by atoms with Crippen LogP contribution in [0.1, 0.15) is 10.4 Å². The second kappa shape index (κ2) is 7.15. The molecule has 0 bridgehead atoms. The van der Waals surface area contributed by atoms with Gasteiger partial charge >= 0.3 is 6.09 Å². The fourth-order valence-electron chi connectivity index (χ4n) is 1.58. The number of amides is 2. The van der Waals surface area contributed by atoms with Crippen LogP contribution < -0.4 is 15.4 Å². The Labute approximate surface area is 121 Å². The summed E-state index contributed by atoms with van der Waals surface area (Å²) >= 11 is 0. The number of aliphatic hydroxyl groups excluding tert-OH is 1. The highest BCUT2D eigenvalue weighted by Crippen LogP contribution is 2.34. The molecule has 4 N–H and O–H groups in total. The number of carbonyl (C=O) groups is 2.